The van der Waals surface area contributed by atoms with Crippen LogP contribution in [0.3, 0.4) is 0 Å². The van der Waals surface area contributed by atoms with Gasteiger partial charge < -0.3 is 14.1 Å². The highest BCUT2D eigenvalue weighted by molar-refractivity contribution is 5.17. The molecule has 2 aromatic rings. The Bertz CT molecular complexity index is 429. The quantitative estimate of drug-likeness (QED) is 0.827. The molecule has 4 nitrogen and oxygen atoms in total. The molecule has 0 bridgehead atoms. The Morgan fingerprint density at radius 3 is 2.93 bits per heavy atom. The van der Waals surface area contributed by atoms with Crippen molar-refractivity contribution < 1.29 is 9.52 Å². The van der Waals surface area contributed by atoms with Crippen molar-refractivity contribution in [2.75, 3.05) is 0 Å². The molecule has 0 aliphatic heterocycles. The molecule has 1 N–H and O–H groups in total. The second-order valence-electron chi connectivity index (χ2n) is 3.92. The van der Waals surface area contributed by atoms with Gasteiger partial charge in [-0.05, 0) is 13.0 Å². The molecule has 0 amide bonds. The summed E-state index contributed by atoms with van der Waals surface area (Å²) in [5.74, 6) is 0.848. The van der Waals surface area contributed by atoms with Crippen LogP contribution in [-0.2, 0) is 19.1 Å². The SMILES string of the molecule is Cn1ccnc1CC(C)(O)c1ccoc1. The van der Waals surface area contributed by atoms with Gasteiger partial charge in [0.1, 0.15) is 5.82 Å². The zero-order valence-electron chi connectivity index (χ0n) is 8.84. The molecule has 2 rings (SSSR count). The summed E-state index contributed by atoms with van der Waals surface area (Å²) in [4.78, 5) is 4.18. The number of hydrogen-bond acceptors (Lipinski definition) is 3. The van der Waals surface area contributed by atoms with E-state index in [1.807, 2.05) is 17.8 Å². The van der Waals surface area contributed by atoms with Gasteiger partial charge in [-0.2, -0.15) is 0 Å². The molecule has 2 heterocycles. The topological polar surface area (TPSA) is 51.2 Å². The Morgan fingerprint density at radius 1 is 1.60 bits per heavy atom. The molecule has 80 valence electrons. The van der Waals surface area contributed by atoms with Gasteiger partial charge in [0, 0.05) is 31.4 Å². The number of aryl methyl sites for hydroxylation is 1. The summed E-state index contributed by atoms with van der Waals surface area (Å²) in [5.41, 5.74) is -0.169. The molecule has 0 saturated carbocycles. The first-order chi connectivity index (χ1) is 7.09. The monoisotopic (exact) mass is 206 g/mol. The summed E-state index contributed by atoms with van der Waals surface area (Å²) in [6, 6.07) is 1.77. The molecule has 0 radical (unpaired) electrons. The minimum Gasteiger partial charge on any atom is -0.472 e. The molecular formula is C11H14N2O2. The first kappa shape index (κ1) is 9.98. The highest BCUT2D eigenvalue weighted by Crippen LogP contribution is 2.24. The van der Waals surface area contributed by atoms with Gasteiger partial charge in [0.05, 0.1) is 18.1 Å². The average molecular weight is 206 g/mol. The van der Waals surface area contributed by atoms with Crippen molar-refractivity contribution in [2.45, 2.75) is 18.9 Å². The van der Waals surface area contributed by atoms with Crippen LogP contribution in [0.15, 0.2) is 35.4 Å². The molecule has 0 fully saturated rings. The van der Waals surface area contributed by atoms with Gasteiger partial charge in [-0.3, -0.25) is 0 Å². The molecular weight excluding hydrogens is 192 g/mol. The minimum absolute atomic E-state index is 0.468. The molecule has 4 heteroatoms. The van der Waals surface area contributed by atoms with Crippen molar-refractivity contribution in [2.24, 2.45) is 7.05 Å². The fourth-order valence-electron chi connectivity index (χ4n) is 1.55. The van der Waals surface area contributed by atoms with E-state index in [0.29, 0.717) is 6.42 Å². The van der Waals surface area contributed by atoms with E-state index < -0.39 is 5.60 Å². The molecule has 0 aromatic carbocycles. The van der Waals surface area contributed by atoms with E-state index in [4.69, 9.17) is 4.42 Å². The first-order valence-electron chi connectivity index (χ1n) is 4.81. The van der Waals surface area contributed by atoms with Gasteiger partial charge in [0.15, 0.2) is 0 Å². The smallest absolute Gasteiger partial charge is 0.111 e. The number of rotatable bonds is 3. The Labute approximate surface area is 88.2 Å². The third kappa shape index (κ3) is 1.94. The molecule has 15 heavy (non-hydrogen) atoms. The lowest BCUT2D eigenvalue weighted by molar-refractivity contribution is 0.0541. The number of aromatic nitrogens is 2. The summed E-state index contributed by atoms with van der Waals surface area (Å²) < 4.78 is 6.86. The minimum atomic E-state index is -0.938. The Morgan fingerprint density at radius 2 is 2.40 bits per heavy atom. The largest absolute Gasteiger partial charge is 0.472 e. The molecule has 0 saturated heterocycles. The second kappa shape index (κ2) is 3.55. The third-order valence-corrected chi connectivity index (χ3v) is 2.57. The molecule has 0 aliphatic carbocycles. The lowest BCUT2D eigenvalue weighted by Gasteiger charge is -2.21. The highest BCUT2D eigenvalue weighted by Gasteiger charge is 2.26. The zero-order chi connectivity index (χ0) is 10.9. The predicted molar refractivity (Wildman–Crippen MR) is 55.2 cm³/mol. The van der Waals surface area contributed by atoms with Crippen LogP contribution in [0.4, 0.5) is 0 Å². The predicted octanol–water partition coefficient (Wildman–Crippen LogP) is 1.46. The molecule has 2 aromatic heterocycles. The third-order valence-electron chi connectivity index (χ3n) is 2.57. The highest BCUT2D eigenvalue weighted by atomic mass is 16.3. The zero-order valence-corrected chi connectivity index (χ0v) is 8.84. The number of aliphatic hydroxyl groups is 1. The van der Waals surface area contributed by atoms with E-state index in [1.54, 1.807) is 31.7 Å². The molecule has 0 spiro atoms. The summed E-state index contributed by atoms with van der Waals surface area (Å²) >= 11 is 0. The van der Waals surface area contributed by atoms with E-state index >= 15 is 0 Å². The Hall–Kier alpha value is -1.55. The van der Waals surface area contributed by atoms with Crippen LogP contribution in [0.2, 0.25) is 0 Å². The maximum absolute atomic E-state index is 10.3. The van der Waals surface area contributed by atoms with Crippen LogP contribution < -0.4 is 0 Å². The van der Waals surface area contributed by atoms with E-state index in [1.165, 1.54) is 0 Å². The number of hydrogen-bond donors (Lipinski definition) is 1. The van der Waals surface area contributed by atoms with Crippen LogP contribution in [-0.4, -0.2) is 14.7 Å². The molecule has 1 atom stereocenters. The van der Waals surface area contributed by atoms with E-state index in [0.717, 1.165) is 11.4 Å². The summed E-state index contributed by atoms with van der Waals surface area (Å²) in [5, 5.41) is 10.3. The Balaban J connectivity index is 2.22. The van der Waals surface area contributed by atoms with Gasteiger partial charge in [-0.1, -0.05) is 0 Å². The molecule has 0 aliphatic rings. The van der Waals surface area contributed by atoms with Crippen molar-refractivity contribution in [1.29, 1.82) is 0 Å². The van der Waals surface area contributed by atoms with Gasteiger partial charge in [0.2, 0.25) is 0 Å². The summed E-state index contributed by atoms with van der Waals surface area (Å²) in [6.07, 6.45) is 7.17. The normalized spacial score (nSPS) is 15.1. The van der Waals surface area contributed by atoms with Crippen molar-refractivity contribution in [3.8, 4) is 0 Å². The standard InChI is InChI=1S/C11H14N2O2/c1-11(14,9-3-6-15-8-9)7-10-12-4-5-13(10)2/h3-6,8,14H,7H2,1-2H3. The van der Waals surface area contributed by atoms with Crippen LogP contribution in [0.5, 0.6) is 0 Å². The summed E-state index contributed by atoms with van der Waals surface area (Å²) in [6.45, 7) is 1.76. The van der Waals surface area contributed by atoms with Crippen molar-refractivity contribution >= 4 is 0 Å². The van der Waals surface area contributed by atoms with Gasteiger partial charge in [0.25, 0.3) is 0 Å². The summed E-state index contributed by atoms with van der Waals surface area (Å²) in [7, 11) is 1.91. The van der Waals surface area contributed by atoms with Crippen LogP contribution in [0, 0.1) is 0 Å². The maximum Gasteiger partial charge on any atom is 0.111 e. The van der Waals surface area contributed by atoms with Crippen molar-refractivity contribution in [3.05, 3.63) is 42.4 Å². The fraction of sp³-hybridized carbons (Fsp3) is 0.364. The number of nitrogens with zero attached hydrogens (tertiary/aromatic N) is 2. The van der Waals surface area contributed by atoms with Gasteiger partial charge in [-0.25, -0.2) is 4.98 Å². The van der Waals surface area contributed by atoms with E-state index in [2.05, 4.69) is 4.98 Å². The Kier molecular flexibility index (Phi) is 2.36. The van der Waals surface area contributed by atoms with Crippen molar-refractivity contribution in [3.63, 3.8) is 0 Å². The van der Waals surface area contributed by atoms with E-state index in [9.17, 15) is 5.11 Å². The number of furan rings is 1. The van der Waals surface area contributed by atoms with Crippen LogP contribution in [0.1, 0.15) is 18.3 Å². The second-order valence-corrected chi connectivity index (χ2v) is 3.92. The first-order valence-corrected chi connectivity index (χ1v) is 4.81. The fourth-order valence-corrected chi connectivity index (χ4v) is 1.55. The van der Waals surface area contributed by atoms with Crippen LogP contribution in [0.25, 0.3) is 0 Å². The molecule has 1 unspecified atom stereocenters. The van der Waals surface area contributed by atoms with Crippen LogP contribution >= 0.6 is 0 Å². The van der Waals surface area contributed by atoms with Gasteiger partial charge in [-0.15, -0.1) is 0 Å². The van der Waals surface area contributed by atoms with Gasteiger partial charge >= 0.3 is 0 Å². The number of imidazole rings is 1. The van der Waals surface area contributed by atoms with Crippen molar-refractivity contribution in [1.82, 2.24) is 9.55 Å². The average Bonchev–Trinajstić information content (AvgIpc) is 2.77. The van der Waals surface area contributed by atoms with E-state index in [-0.39, 0.29) is 0 Å². The maximum atomic E-state index is 10.3. The lowest BCUT2D eigenvalue weighted by Crippen LogP contribution is -2.25. The lowest BCUT2D eigenvalue weighted by atomic mass is 9.95.